The second kappa shape index (κ2) is 15.7. The van der Waals surface area contributed by atoms with Gasteiger partial charge in [-0.3, -0.25) is 4.79 Å². The maximum atomic E-state index is 12.5. The van der Waals surface area contributed by atoms with E-state index in [2.05, 4.69) is 54.1 Å². The molecule has 1 fully saturated rings. The number of nitrogens with one attached hydrogen (secondary N) is 1. The number of aromatic nitrogens is 1. The number of rotatable bonds is 12. The summed E-state index contributed by atoms with van der Waals surface area (Å²) < 4.78 is 58.0. The van der Waals surface area contributed by atoms with Crippen LogP contribution in [0.4, 0.5) is 13.2 Å². The fourth-order valence-corrected chi connectivity index (χ4v) is 6.87. The van der Waals surface area contributed by atoms with E-state index >= 15 is 0 Å². The van der Waals surface area contributed by atoms with Crippen LogP contribution in [0, 0.1) is 0 Å². The highest BCUT2D eigenvalue weighted by atomic mass is 32.2. The number of halogens is 3. The maximum absolute atomic E-state index is 12.5. The van der Waals surface area contributed by atoms with E-state index in [1.165, 1.54) is 5.56 Å². The number of carboxylic acid groups (broad SMARTS) is 1. The molecule has 0 bridgehead atoms. The van der Waals surface area contributed by atoms with Crippen LogP contribution in [0.2, 0.25) is 0 Å². The number of H-pyrrole nitrogens is 1. The van der Waals surface area contributed by atoms with E-state index in [0.717, 1.165) is 79.3 Å². The minimum Gasteiger partial charge on any atom is -0.475 e. The van der Waals surface area contributed by atoms with Gasteiger partial charge in [0.2, 0.25) is 10.0 Å². The molecule has 248 valence electrons. The van der Waals surface area contributed by atoms with Crippen molar-refractivity contribution in [1.82, 2.24) is 14.2 Å². The van der Waals surface area contributed by atoms with Crippen LogP contribution in [0.15, 0.2) is 42.6 Å². The third-order valence-electron chi connectivity index (χ3n) is 8.04. The highest BCUT2D eigenvalue weighted by molar-refractivity contribution is 7.89. The van der Waals surface area contributed by atoms with Crippen molar-refractivity contribution in [1.29, 1.82) is 0 Å². The Kier molecular flexibility index (Phi) is 12.6. The summed E-state index contributed by atoms with van der Waals surface area (Å²) in [4.78, 5) is 27.2. The first kappa shape index (κ1) is 36.1. The van der Waals surface area contributed by atoms with Gasteiger partial charge in [0, 0.05) is 31.2 Å². The molecule has 45 heavy (non-hydrogen) atoms. The van der Waals surface area contributed by atoms with E-state index in [1.54, 1.807) is 11.2 Å². The number of aliphatic carboxylic acids is 1. The second-order valence-corrected chi connectivity index (χ2v) is 13.5. The number of carboxylic acids is 1. The highest BCUT2D eigenvalue weighted by Crippen LogP contribution is 2.37. The van der Waals surface area contributed by atoms with Crippen molar-refractivity contribution in [3.63, 3.8) is 0 Å². The van der Waals surface area contributed by atoms with Crippen LogP contribution in [0.5, 0.6) is 0 Å². The number of piperidine rings is 1. The molecule has 2 aromatic carbocycles. The number of fused-ring (bicyclic) bond motifs is 1. The summed E-state index contributed by atoms with van der Waals surface area (Å²) in [6.45, 7) is 10.4. The monoisotopic (exact) mass is 652 g/mol. The van der Waals surface area contributed by atoms with Crippen LogP contribution in [0.1, 0.15) is 73.9 Å². The van der Waals surface area contributed by atoms with Gasteiger partial charge in [0.25, 0.3) is 5.91 Å². The molecule has 1 aliphatic heterocycles. The number of hydrogen-bond acceptors (Lipinski definition) is 5. The van der Waals surface area contributed by atoms with E-state index in [-0.39, 0.29) is 11.7 Å². The first-order chi connectivity index (χ1) is 21.2. The Morgan fingerprint density at radius 3 is 2.18 bits per heavy atom. The lowest BCUT2D eigenvalue weighted by atomic mass is 9.88. The molecule has 4 N–H and O–H groups in total. The predicted octanol–water partition coefficient (Wildman–Crippen LogP) is 5.76. The van der Waals surface area contributed by atoms with E-state index < -0.39 is 28.1 Å². The van der Waals surface area contributed by atoms with Crippen molar-refractivity contribution in [2.45, 2.75) is 65.0 Å². The summed E-state index contributed by atoms with van der Waals surface area (Å²) >= 11 is 0. The third-order valence-corrected chi connectivity index (χ3v) is 9.92. The van der Waals surface area contributed by atoms with Crippen LogP contribution in [0.3, 0.4) is 0 Å². The van der Waals surface area contributed by atoms with Gasteiger partial charge >= 0.3 is 12.1 Å². The van der Waals surface area contributed by atoms with Crippen molar-refractivity contribution in [3.8, 4) is 11.1 Å². The lowest BCUT2D eigenvalue weighted by Crippen LogP contribution is -2.38. The van der Waals surface area contributed by atoms with Gasteiger partial charge in [-0.05, 0) is 92.4 Å². The van der Waals surface area contributed by atoms with Crippen LogP contribution in [-0.2, 0) is 21.2 Å². The van der Waals surface area contributed by atoms with Gasteiger partial charge in [-0.1, -0.05) is 38.1 Å². The average Bonchev–Trinajstić information content (AvgIpc) is 3.43. The summed E-state index contributed by atoms with van der Waals surface area (Å²) in [6.07, 6.45) is 1.69. The molecule has 0 saturated carbocycles. The van der Waals surface area contributed by atoms with Crippen LogP contribution < -0.4 is 5.73 Å². The Morgan fingerprint density at radius 2 is 1.64 bits per heavy atom. The molecule has 1 saturated heterocycles. The number of nitrogens with two attached hydrogens (primary N) is 1. The lowest BCUT2D eigenvalue weighted by Gasteiger charge is -2.31. The molecule has 3 aromatic rings. The van der Waals surface area contributed by atoms with Gasteiger partial charge in [-0.25, -0.2) is 17.5 Å². The van der Waals surface area contributed by atoms with Gasteiger partial charge in [-0.15, -0.1) is 0 Å². The fraction of sp³-hybridized carbons (Fsp3) is 0.500. The van der Waals surface area contributed by atoms with Crippen LogP contribution >= 0.6 is 0 Å². The van der Waals surface area contributed by atoms with Crippen molar-refractivity contribution < 1.29 is 36.3 Å². The zero-order valence-electron chi connectivity index (χ0n) is 26.0. The van der Waals surface area contributed by atoms with Crippen molar-refractivity contribution in [2.24, 2.45) is 5.73 Å². The zero-order chi connectivity index (χ0) is 33.4. The number of hydrogen-bond donors (Lipinski definition) is 3. The van der Waals surface area contributed by atoms with Gasteiger partial charge < -0.3 is 20.7 Å². The lowest BCUT2D eigenvalue weighted by molar-refractivity contribution is -0.192. The Bertz CT molecular complexity index is 1560. The summed E-state index contributed by atoms with van der Waals surface area (Å²) in [5.74, 6) is -2.87. The Labute approximate surface area is 262 Å². The minimum atomic E-state index is -5.08. The Morgan fingerprint density at radius 1 is 1.02 bits per heavy atom. The predicted molar refractivity (Wildman–Crippen MR) is 170 cm³/mol. The number of carbonyl (C=O) groups is 2. The fourth-order valence-electron chi connectivity index (χ4n) is 5.74. The smallest absolute Gasteiger partial charge is 0.475 e. The molecule has 0 aliphatic carbocycles. The number of alkyl halides is 3. The molecule has 2 heterocycles. The molecular weight excluding hydrogens is 609 g/mol. The summed E-state index contributed by atoms with van der Waals surface area (Å²) in [5.41, 5.74) is 11.5. The Balaban J connectivity index is 0.000000707. The standard InChI is InChI=1S/C30H42N4O3S.C2HF3O2/c1-4-13-33(14-5-2)15-10-22-8-7-9-24(18-22)25-19-26-28(21-32-29(26)27(20-25)30(31)35)23-11-16-34(17-12-23)38(36,37)6-3;3-2(4,5)1(6)7/h7-9,18-21,23,32H,4-6,10-17H2,1-3H3,(H2,31,35);(H,6,7). The maximum Gasteiger partial charge on any atom is 0.490 e. The van der Waals surface area contributed by atoms with Gasteiger partial charge in [0.05, 0.1) is 16.8 Å². The van der Waals surface area contributed by atoms with Crippen molar-refractivity contribution >= 4 is 32.8 Å². The quantitative estimate of drug-likeness (QED) is 0.228. The molecule has 1 aliphatic rings. The highest BCUT2D eigenvalue weighted by Gasteiger charge is 2.38. The third kappa shape index (κ3) is 9.54. The molecule has 4 rings (SSSR count). The van der Waals surface area contributed by atoms with E-state index in [1.807, 2.05) is 12.3 Å². The zero-order valence-corrected chi connectivity index (χ0v) is 26.8. The number of sulfonamides is 1. The number of amides is 1. The van der Waals surface area contributed by atoms with Gasteiger partial charge in [-0.2, -0.15) is 13.2 Å². The van der Waals surface area contributed by atoms with Gasteiger partial charge in [0.15, 0.2) is 0 Å². The SMILES string of the molecule is CCCN(CCC)CCc1cccc(-c2cc(C(N)=O)c3[nH]cc(C4CCN(S(=O)(=O)CC)CC4)c3c2)c1.O=C(O)C(F)(F)F. The molecular formula is C32H43F3N4O5S. The molecule has 13 heteroatoms. The van der Waals surface area contributed by atoms with Crippen LogP contribution in [-0.4, -0.2) is 84.2 Å². The van der Waals surface area contributed by atoms with Crippen LogP contribution in [0.25, 0.3) is 22.0 Å². The summed E-state index contributed by atoms with van der Waals surface area (Å²) in [7, 11) is -3.18. The topological polar surface area (TPSA) is 137 Å². The van der Waals surface area contributed by atoms with E-state index in [0.29, 0.717) is 18.7 Å². The number of aromatic amines is 1. The number of carbonyl (C=O) groups excluding carboxylic acids is 1. The number of primary amides is 1. The van der Waals surface area contributed by atoms with Gasteiger partial charge in [0.1, 0.15) is 0 Å². The van der Waals surface area contributed by atoms with E-state index in [4.69, 9.17) is 15.6 Å². The molecule has 0 unspecified atom stereocenters. The molecule has 1 amide bonds. The molecule has 0 radical (unpaired) electrons. The largest absolute Gasteiger partial charge is 0.490 e. The van der Waals surface area contributed by atoms with Crippen molar-refractivity contribution in [3.05, 3.63) is 59.3 Å². The first-order valence-electron chi connectivity index (χ1n) is 15.3. The van der Waals surface area contributed by atoms with Crippen molar-refractivity contribution in [2.75, 3.05) is 38.5 Å². The molecule has 9 nitrogen and oxygen atoms in total. The Hall–Kier alpha value is -3.42. The van der Waals surface area contributed by atoms with E-state index in [9.17, 15) is 26.4 Å². The second-order valence-electron chi connectivity index (χ2n) is 11.2. The summed E-state index contributed by atoms with van der Waals surface area (Å²) in [5, 5.41) is 8.12. The molecule has 0 atom stereocenters. The normalized spacial score (nSPS) is 14.8. The number of nitrogens with zero attached hydrogens (tertiary/aromatic N) is 2. The number of benzene rings is 2. The minimum absolute atomic E-state index is 0.129. The molecule has 0 spiro atoms. The average molecular weight is 653 g/mol. The molecule has 1 aromatic heterocycles. The first-order valence-corrected chi connectivity index (χ1v) is 16.9. The summed E-state index contributed by atoms with van der Waals surface area (Å²) in [6, 6.07) is 12.6.